The SMILES string of the molecule is Cc1ccc(-c2ccc3c(c2)c(=NC#N)c2sc4c(=NC#N)c5cc(-c6ccc(C(F)(F)F)cc6)ccc5c4c23)cc1. The monoisotopic (exact) mass is 570 g/mol. The smallest absolute Gasteiger partial charge is 0.172 e. The van der Waals surface area contributed by atoms with Crippen LogP contribution in [-0.4, -0.2) is 0 Å². The summed E-state index contributed by atoms with van der Waals surface area (Å²) in [7, 11) is 0. The molecular formula is C34H17F3N4S. The van der Waals surface area contributed by atoms with E-state index in [0.29, 0.717) is 16.3 Å². The second kappa shape index (κ2) is 9.37. The summed E-state index contributed by atoms with van der Waals surface area (Å²) in [5.41, 5.74) is 3.87. The summed E-state index contributed by atoms with van der Waals surface area (Å²) < 4.78 is 40.9. The van der Waals surface area contributed by atoms with Crippen LogP contribution in [0.4, 0.5) is 13.2 Å². The summed E-state index contributed by atoms with van der Waals surface area (Å²) in [6.07, 6.45) is -0.544. The number of hydrogen-bond donors (Lipinski definition) is 0. The van der Waals surface area contributed by atoms with Crippen molar-refractivity contribution in [3.63, 3.8) is 0 Å². The largest absolute Gasteiger partial charge is 0.416 e. The van der Waals surface area contributed by atoms with E-state index in [9.17, 15) is 23.7 Å². The first-order chi connectivity index (χ1) is 20.3. The third-order valence-electron chi connectivity index (χ3n) is 7.68. The third-order valence-corrected chi connectivity index (χ3v) is 8.88. The zero-order valence-electron chi connectivity index (χ0n) is 21.9. The Kier molecular flexibility index (Phi) is 5.72. The van der Waals surface area contributed by atoms with Crippen molar-refractivity contribution in [3.8, 4) is 34.6 Å². The number of benzene rings is 4. The highest BCUT2D eigenvalue weighted by Gasteiger charge is 2.30. The van der Waals surface area contributed by atoms with E-state index >= 15 is 0 Å². The Hall–Kier alpha value is -5.31. The molecule has 0 bridgehead atoms. The highest BCUT2D eigenvalue weighted by Crippen LogP contribution is 2.42. The molecule has 0 amide bonds. The van der Waals surface area contributed by atoms with Gasteiger partial charge in [0.1, 0.15) is 10.7 Å². The van der Waals surface area contributed by atoms with Crippen LogP contribution in [0.25, 0.3) is 64.0 Å². The molecule has 7 rings (SSSR count). The molecule has 200 valence electrons. The minimum Gasteiger partial charge on any atom is -0.172 e. The van der Waals surface area contributed by atoms with Gasteiger partial charge in [0.05, 0.1) is 15.0 Å². The van der Waals surface area contributed by atoms with Crippen LogP contribution < -0.4 is 10.7 Å². The van der Waals surface area contributed by atoms with Crippen LogP contribution in [0.2, 0.25) is 0 Å². The molecule has 0 saturated carbocycles. The number of fused-ring (bicyclic) bond motifs is 7. The number of nitriles is 2. The second-order valence-corrected chi connectivity index (χ2v) is 11.1. The zero-order valence-corrected chi connectivity index (χ0v) is 22.7. The van der Waals surface area contributed by atoms with Crippen LogP contribution in [0.3, 0.4) is 0 Å². The summed E-state index contributed by atoms with van der Waals surface area (Å²) in [5, 5.41) is 25.5. The molecular weight excluding hydrogens is 553 g/mol. The third kappa shape index (κ3) is 3.88. The molecule has 0 aliphatic rings. The Morgan fingerprint density at radius 1 is 0.595 bits per heavy atom. The minimum absolute atomic E-state index is 0.504. The maximum Gasteiger partial charge on any atom is 0.416 e. The van der Waals surface area contributed by atoms with E-state index in [-0.39, 0.29) is 0 Å². The van der Waals surface area contributed by atoms with Crippen LogP contribution in [0.15, 0.2) is 94.9 Å². The van der Waals surface area contributed by atoms with Gasteiger partial charge in [0.15, 0.2) is 0 Å². The highest BCUT2D eigenvalue weighted by atomic mass is 32.1. The summed E-state index contributed by atoms with van der Waals surface area (Å²) in [6.45, 7) is 2.04. The van der Waals surface area contributed by atoms with E-state index in [0.717, 1.165) is 70.5 Å². The van der Waals surface area contributed by atoms with Crippen molar-refractivity contribution in [3.05, 3.63) is 107 Å². The van der Waals surface area contributed by atoms with E-state index in [1.54, 1.807) is 0 Å². The van der Waals surface area contributed by atoms with Gasteiger partial charge in [-0.2, -0.15) is 33.7 Å². The van der Waals surface area contributed by atoms with Crippen LogP contribution in [0, 0.1) is 29.8 Å². The normalized spacial score (nSPS) is 13.0. The number of halogens is 3. The average molecular weight is 571 g/mol. The standard InChI is InChI=1S/C34H17F3N4S/c1-18-2-4-19(5-3-18)21-8-12-24-26(14-21)30(40-16-38)32-28(24)29-25-13-9-22(15-27(25)31(41-17-39)33(29)42-32)20-6-10-23(11-7-20)34(35,36)37/h2-15H,1H3. The Morgan fingerprint density at radius 2 is 1.02 bits per heavy atom. The fourth-order valence-corrected chi connectivity index (χ4v) is 7.06. The lowest BCUT2D eigenvalue weighted by Crippen LogP contribution is -2.04. The van der Waals surface area contributed by atoms with Gasteiger partial charge < -0.3 is 0 Å². The van der Waals surface area contributed by atoms with Crippen molar-refractivity contribution in [2.45, 2.75) is 13.1 Å². The van der Waals surface area contributed by atoms with Crippen LogP contribution >= 0.6 is 11.3 Å². The van der Waals surface area contributed by atoms with Gasteiger partial charge in [0.25, 0.3) is 0 Å². The van der Waals surface area contributed by atoms with Gasteiger partial charge in [-0.25, -0.2) is 0 Å². The van der Waals surface area contributed by atoms with Crippen molar-refractivity contribution in [1.29, 1.82) is 10.5 Å². The molecule has 0 fully saturated rings. The number of alkyl halides is 3. The first-order valence-corrected chi connectivity index (χ1v) is 13.8. The van der Waals surface area contributed by atoms with Crippen molar-refractivity contribution < 1.29 is 13.2 Å². The predicted molar refractivity (Wildman–Crippen MR) is 160 cm³/mol. The second-order valence-electron chi connectivity index (χ2n) is 10.1. The van der Waals surface area contributed by atoms with Gasteiger partial charge in [0, 0.05) is 21.5 Å². The van der Waals surface area contributed by atoms with Crippen molar-refractivity contribution in [2.24, 2.45) is 9.98 Å². The van der Waals surface area contributed by atoms with E-state index in [1.165, 1.54) is 29.0 Å². The predicted octanol–water partition coefficient (Wildman–Crippen LogP) is 8.66. The first-order valence-electron chi connectivity index (χ1n) is 12.9. The summed E-state index contributed by atoms with van der Waals surface area (Å²) >= 11 is 1.44. The number of nitrogens with zero attached hydrogens (tertiary/aromatic N) is 4. The molecule has 0 saturated heterocycles. The molecule has 0 aliphatic heterocycles. The summed E-state index contributed by atoms with van der Waals surface area (Å²) in [5.74, 6) is 0. The first kappa shape index (κ1) is 25.6. The molecule has 7 aromatic rings. The van der Waals surface area contributed by atoms with Crippen LogP contribution in [0.1, 0.15) is 11.1 Å². The van der Waals surface area contributed by atoms with Crippen LogP contribution in [-0.2, 0) is 6.18 Å². The maximum absolute atomic E-state index is 13.1. The van der Waals surface area contributed by atoms with Crippen molar-refractivity contribution in [2.75, 3.05) is 0 Å². The van der Waals surface area contributed by atoms with Gasteiger partial charge in [-0.15, -0.1) is 11.3 Å². The van der Waals surface area contributed by atoms with Gasteiger partial charge >= 0.3 is 6.18 Å². The fourth-order valence-electron chi connectivity index (χ4n) is 5.72. The van der Waals surface area contributed by atoms with Crippen molar-refractivity contribution in [1.82, 2.24) is 0 Å². The van der Waals surface area contributed by atoms with E-state index < -0.39 is 11.7 Å². The Labute approximate surface area is 240 Å². The zero-order chi connectivity index (χ0) is 29.2. The molecule has 8 heteroatoms. The molecule has 0 spiro atoms. The maximum atomic E-state index is 13.1. The average Bonchev–Trinajstić information content (AvgIpc) is 3.60. The lowest BCUT2D eigenvalue weighted by molar-refractivity contribution is -0.137. The minimum atomic E-state index is -4.41. The highest BCUT2D eigenvalue weighted by molar-refractivity contribution is 7.26. The van der Waals surface area contributed by atoms with E-state index in [1.807, 2.05) is 43.6 Å². The van der Waals surface area contributed by atoms with Crippen LogP contribution in [0.5, 0.6) is 0 Å². The molecule has 0 atom stereocenters. The molecule has 0 unspecified atom stereocenters. The number of rotatable bonds is 2. The Bertz CT molecular complexity index is 2410. The molecule has 6 aromatic carbocycles. The molecule has 1 aromatic heterocycles. The fraction of sp³-hybridized carbons (Fsp3) is 0.0588. The molecule has 0 radical (unpaired) electrons. The molecule has 0 N–H and O–H groups in total. The number of hydrogen-bond acceptors (Lipinski definition) is 5. The molecule has 4 nitrogen and oxygen atoms in total. The quantitative estimate of drug-likeness (QED) is 0.195. The topological polar surface area (TPSA) is 72.3 Å². The Morgan fingerprint density at radius 3 is 1.45 bits per heavy atom. The number of aryl methyl sites for hydroxylation is 1. The molecule has 0 aliphatic carbocycles. The van der Waals surface area contributed by atoms with E-state index in [2.05, 4.69) is 46.4 Å². The van der Waals surface area contributed by atoms with E-state index in [4.69, 9.17) is 0 Å². The lowest BCUT2D eigenvalue weighted by atomic mass is 10.00. The summed E-state index contributed by atoms with van der Waals surface area (Å²) in [4.78, 5) is 8.39. The van der Waals surface area contributed by atoms with Crippen molar-refractivity contribution >= 4 is 53.1 Å². The summed E-state index contributed by atoms with van der Waals surface area (Å²) in [6, 6.07) is 25.1. The van der Waals surface area contributed by atoms with Gasteiger partial charge in [-0.1, -0.05) is 66.2 Å². The Balaban J connectivity index is 1.51. The number of thiophene rings is 1. The molecule has 42 heavy (non-hydrogen) atoms. The van der Waals surface area contributed by atoms with Gasteiger partial charge in [-0.3, -0.25) is 0 Å². The lowest BCUT2D eigenvalue weighted by Gasteiger charge is -2.08. The van der Waals surface area contributed by atoms with Gasteiger partial charge in [-0.05, 0) is 64.2 Å². The molecule has 1 heterocycles. The van der Waals surface area contributed by atoms with Gasteiger partial charge in [0.2, 0.25) is 12.4 Å².